The summed E-state index contributed by atoms with van der Waals surface area (Å²) in [6, 6.07) is 9.94. The highest BCUT2D eigenvalue weighted by atomic mass is 35.5. The molecule has 0 unspecified atom stereocenters. The molecule has 2 N–H and O–H groups in total. The Hall–Kier alpha value is -2.83. The van der Waals surface area contributed by atoms with Crippen LogP contribution in [0.2, 0.25) is 10.0 Å². The van der Waals surface area contributed by atoms with E-state index in [1.165, 1.54) is 6.07 Å². The molecule has 0 aliphatic rings. The van der Waals surface area contributed by atoms with E-state index < -0.39 is 11.8 Å². The Balaban J connectivity index is 1.99. The predicted molar refractivity (Wildman–Crippen MR) is 102 cm³/mol. The normalized spacial score (nSPS) is 10.5. The van der Waals surface area contributed by atoms with Crippen molar-refractivity contribution in [3.8, 4) is 0 Å². The van der Waals surface area contributed by atoms with Gasteiger partial charge in [0, 0.05) is 17.8 Å². The van der Waals surface area contributed by atoms with Crippen molar-refractivity contribution in [2.24, 2.45) is 0 Å². The Bertz CT molecular complexity index is 1010. The molecule has 0 fully saturated rings. The molecular weight excluding hydrogens is 375 g/mol. The van der Waals surface area contributed by atoms with Gasteiger partial charge < -0.3 is 10.6 Å². The summed E-state index contributed by atoms with van der Waals surface area (Å²) < 4.78 is 1.55. The molecule has 0 aliphatic heterocycles. The van der Waals surface area contributed by atoms with Crippen molar-refractivity contribution in [2.75, 3.05) is 11.9 Å². The molecular formula is C18H14Cl2N4O2. The van der Waals surface area contributed by atoms with E-state index in [-0.39, 0.29) is 11.5 Å². The largest absolute Gasteiger partial charge is 0.346 e. The lowest BCUT2D eigenvalue weighted by Gasteiger charge is -2.06. The van der Waals surface area contributed by atoms with E-state index in [2.05, 4.69) is 22.2 Å². The second kappa shape index (κ2) is 7.59. The van der Waals surface area contributed by atoms with Crippen LogP contribution in [0.15, 0.2) is 55.3 Å². The van der Waals surface area contributed by atoms with Gasteiger partial charge in [-0.2, -0.15) is 0 Å². The van der Waals surface area contributed by atoms with Gasteiger partial charge >= 0.3 is 0 Å². The Morgan fingerprint density at radius 2 is 2.00 bits per heavy atom. The summed E-state index contributed by atoms with van der Waals surface area (Å²) in [7, 11) is 0. The predicted octanol–water partition coefficient (Wildman–Crippen LogP) is 3.81. The minimum Gasteiger partial charge on any atom is -0.346 e. The van der Waals surface area contributed by atoms with Crippen LogP contribution in [0.25, 0.3) is 5.52 Å². The van der Waals surface area contributed by atoms with Crippen molar-refractivity contribution in [3.05, 3.63) is 76.8 Å². The van der Waals surface area contributed by atoms with E-state index in [1.807, 2.05) is 0 Å². The summed E-state index contributed by atoms with van der Waals surface area (Å²) in [4.78, 5) is 29.2. The zero-order valence-corrected chi connectivity index (χ0v) is 15.0. The van der Waals surface area contributed by atoms with Crippen molar-refractivity contribution in [3.63, 3.8) is 0 Å². The number of halogens is 2. The molecule has 0 saturated heterocycles. The van der Waals surface area contributed by atoms with E-state index in [1.54, 1.807) is 47.0 Å². The summed E-state index contributed by atoms with van der Waals surface area (Å²) in [5.41, 5.74) is 0.955. The highest BCUT2D eigenvalue weighted by Crippen LogP contribution is 2.26. The summed E-state index contributed by atoms with van der Waals surface area (Å²) in [6.07, 6.45) is 3.22. The van der Waals surface area contributed by atoms with Gasteiger partial charge in [0.2, 0.25) is 5.82 Å². The minimum atomic E-state index is -0.499. The molecule has 2 heterocycles. The van der Waals surface area contributed by atoms with Crippen molar-refractivity contribution in [1.29, 1.82) is 0 Å². The first kappa shape index (κ1) is 18.0. The number of fused-ring (bicyclic) bond motifs is 1. The molecule has 0 spiro atoms. The van der Waals surface area contributed by atoms with Gasteiger partial charge in [0.25, 0.3) is 11.8 Å². The highest BCUT2D eigenvalue weighted by Gasteiger charge is 2.21. The molecule has 0 radical (unpaired) electrons. The van der Waals surface area contributed by atoms with Gasteiger partial charge in [-0.1, -0.05) is 35.3 Å². The Morgan fingerprint density at radius 1 is 1.19 bits per heavy atom. The number of carbonyl (C=O) groups excluding carboxylic acids is 2. The number of nitrogens with one attached hydrogen (secondary N) is 2. The van der Waals surface area contributed by atoms with Crippen LogP contribution >= 0.6 is 23.2 Å². The van der Waals surface area contributed by atoms with Gasteiger partial charge in [0.1, 0.15) is 0 Å². The molecule has 2 aromatic heterocycles. The number of hydrogen-bond donors (Lipinski definition) is 2. The molecule has 0 bridgehead atoms. The van der Waals surface area contributed by atoms with Crippen LogP contribution in [0.4, 0.5) is 5.69 Å². The van der Waals surface area contributed by atoms with Gasteiger partial charge in [-0.05, 0) is 30.3 Å². The molecule has 0 atom stereocenters. The average molecular weight is 389 g/mol. The molecule has 132 valence electrons. The fourth-order valence-electron chi connectivity index (χ4n) is 2.38. The van der Waals surface area contributed by atoms with Crippen LogP contribution in [-0.4, -0.2) is 27.7 Å². The first-order valence-electron chi connectivity index (χ1n) is 7.64. The molecule has 0 aliphatic carbocycles. The number of nitrogens with zero attached hydrogens (tertiary/aromatic N) is 2. The monoisotopic (exact) mass is 388 g/mol. The maximum atomic E-state index is 12.7. The second-order valence-electron chi connectivity index (χ2n) is 5.32. The van der Waals surface area contributed by atoms with E-state index in [0.717, 1.165) is 0 Å². The van der Waals surface area contributed by atoms with Gasteiger partial charge in [-0.15, -0.1) is 6.58 Å². The lowest BCUT2D eigenvalue weighted by atomic mass is 10.3. The fraction of sp³-hybridized carbons (Fsp3) is 0.0556. The summed E-state index contributed by atoms with van der Waals surface area (Å²) in [5.74, 6) is -0.809. The number of amides is 2. The number of aromatic nitrogens is 2. The van der Waals surface area contributed by atoms with E-state index in [9.17, 15) is 9.59 Å². The summed E-state index contributed by atoms with van der Waals surface area (Å²) in [6.45, 7) is 3.85. The third-order valence-electron chi connectivity index (χ3n) is 3.55. The van der Waals surface area contributed by atoms with E-state index in [4.69, 9.17) is 23.2 Å². The van der Waals surface area contributed by atoms with Gasteiger partial charge in [-0.25, -0.2) is 4.98 Å². The van der Waals surface area contributed by atoms with Crippen LogP contribution < -0.4 is 10.6 Å². The number of anilines is 1. The molecule has 6 nitrogen and oxygen atoms in total. The van der Waals surface area contributed by atoms with Gasteiger partial charge in [0.15, 0.2) is 5.69 Å². The van der Waals surface area contributed by atoms with Crippen LogP contribution in [0.1, 0.15) is 21.1 Å². The van der Waals surface area contributed by atoms with Crippen LogP contribution in [-0.2, 0) is 0 Å². The molecule has 26 heavy (non-hydrogen) atoms. The SMILES string of the molecule is C=CCNC(=O)c1nc(C(=O)Nc2cc(Cl)ccc2Cl)c2ccccn12. The molecule has 1 aromatic carbocycles. The zero-order valence-electron chi connectivity index (χ0n) is 13.5. The second-order valence-corrected chi connectivity index (χ2v) is 6.16. The standard InChI is InChI=1S/C18H14Cl2N4O2/c1-2-8-21-18(26)16-23-15(14-5-3-4-9-24(14)16)17(25)22-13-10-11(19)6-7-12(13)20/h2-7,9-10H,1,8H2,(H,21,26)(H,22,25). The fourth-order valence-corrected chi connectivity index (χ4v) is 2.72. The third-order valence-corrected chi connectivity index (χ3v) is 4.11. The number of pyridine rings is 1. The van der Waals surface area contributed by atoms with Gasteiger partial charge in [0.05, 0.1) is 16.2 Å². The number of imidazole rings is 1. The van der Waals surface area contributed by atoms with Crippen LogP contribution in [0, 0.1) is 0 Å². The van der Waals surface area contributed by atoms with Crippen LogP contribution in [0.3, 0.4) is 0 Å². The van der Waals surface area contributed by atoms with Crippen molar-refractivity contribution >= 4 is 46.2 Å². The van der Waals surface area contributed by atoms with E-state index >= 15 is 0 Å². The first-order chi connectivity index (χ1) is 12.5. The number of rotatable bonds is 5. The number of carbonyl (C=O) groups is 2. The van der Waals surface area contributed by atoms with Crippen molar-refractivity contribution < 1.29 is 9.59 Å². The number of benzene rings is 1. The third kappa shape index (κ3) is 3.56. The maximum absolute atomic E-state index is 12.7. The number of hydrogen-bond acceptors (Lipinski definition) is 3. The summed E-state index contributed by atoms with van der Waals surface area (Å²) in [5, 5.41) is 6.10. The highest BCUT2D eigenvalue weighted by molar-refractivity contribution is 6.36. The quantitative estimate of drug-likeness (QED) is 0.652. The average Bonchev–Trinajstić information content (AvgIpc) is 3.02. The van der Waals surface area contributed by atoms with E-state index in [0.29, 0.717) is 27.8 Å². The molecule has 0 saturated carbocycles. The minimum absolute atomic E-state index is 0.102. The zero-order chi connectivity index (χ0) is 18.7. The van der Waals surface area contributed by atoms with Crippen molar-refractivity contribution in [2.45, 2.75) is 0 Å². The lowest BCUT2D eigenvalue weighted by Crippen LogP contribution is -2.25. The smallest absolute Gasteiger partial charge is 0.287 e. The molecule has 3 aromatic rings. The maximum Gasteiger partial charge on any atom is 0.287 e. The van der Waals surface area contributed by atoms with Gasteiger partial charge in [-0.3, -0.25) is 14.0 Å². The molecule has 2 amide bonds. The Morgan fingerprint density at radius 3 is 2.77 bits per heavy atom. The molecule has 3 rings (SSSR count). The summed E-state index contributed by atoms with van der Waals surface area (Å²) >= 11 is 12.0. The lowest BCUT2D eigenvalue weighted by molar-refractivity contribution is 0.0947. The first-order valence-corrected chi connectivity index (χ1v) is 8.39. The molecule has 8 heteroatoms. The Kier molecular flexibility index (Phi) is 5.25. The topological polar surface area (TPSA) is 75.5 Å². The van der Waals surface area contributed by atoms with Crippen molar-refractivity contribution in [1.82, 2.24) is 14.7 Å². The Labute approximate surface area is 159 Å². The van der Waals surface area contributed by atoms with Crippen LogP contribution in [0.5, 0.6) is 0 Å².